The first-order valence-electron chi connectivity index (χ1n) is 8.80. The van der Waals surface area contributed by atoms with E-state index >= 15 is 0 Å². The molecule has 0 atom stereocenters. The molecule has 3 rings (SSSR count). The van der Waals surface area contributed by atoms with E-state index in [2.05, 4.69) is 36.3 Å². The standard InChI is InChI=1S/C17H27N7.3ClH.Nd/c1-14(19-21-23-10-3-4-11-23)16-8-7-9-17(18-16)15(2)20-22-24-12-5-6-13-24;;;;/h7-9,21-22H,3-6,10-13H2,1-2H3;3*1H;/q;;;;+3/p-3. The molecule has 1 aromatic heterocycles. The predicted octanol–water partition coefficient (Wildman–Crippen LogP) is -7.26. The fourth-order valence-electron chi connectivity index (χ4n) is 2.88. The molecule has 28 heavy (non-hydrogen) atoms. The van der Waals surface area contributed by atoms with Gasteiger partial charge in [0.2, 0.25) is 0 Å². The van der Waals surface area contributed by atoms with Gasteiger partial charge in [0.25, 0.3) is 0 Å². The van der Waals surface area contributed by atoms with E-state index in [9.17, 15) is 0 Å². The van der Waals surface area contributed by atoms with Gasteiger partial charge in [0.15, 0.2) is 0 Å². The average molecular weight is 580 g/mol. The van der Waals surface area contributed by atoms with Crippen LogP contribution in [-0.2, 0) is 0 Å². The second kappa shape index (κ2) is 16.0. The van der Waals surface area contributed by atoms with Crippen LogP contribution in [0.1, 0.15) is 50.9 Å². The molecule has 2 aliphatic rings. The zero-order valence-corrected chi connectivity index (χ0v) is 21.7. The van der Waals surface area contributed by atoms with E-state index < -0.39 is 0 Å². The average Bonchev–Trinajstić information content (AvgIpc) is 3.31. The Bertz CT molecular complexity index is 569. The van der Waals surface area contributed by atoms with Crippen LogP contribution in [0.25, 0.3) is 0 Å². The summed E-state index contributed by atoms with van der Waals surface area (Å²) in [5.74, 6) is 0. The van der Waals surface area contributed by atoms with Gasteiger partial charge in [-0.2, -0.15) is 10.2 Å². The van der Waals surface area contributed by atoms with E-state index in [0.29, 0.717) is 0 Å². The minimum Gasteiger partial charge on any atom is -1.00 e. The summed E-state index contributed by atoms with van der Waals surface area (Å²) < 4.78 is 0. The van der Waals surface area contributed by atoms with Gasteiger partial charge in [0.05, 0.1) is 22.8 Å². The number of nitrogens with one attached hydrogen (secondary N) is 2. The van der Waals surface area contributed by atoms with Crippen LogP contribution in [0.4, 0.5) is 0 Å². The zero-order chi connectivity index (χ0) is 16.8. The summed E-state index contributed by atoms with van der Waals surface area (Å²) in [6.45, 7) is 8.17. The van der Waals surface area contributed by atoms with Crippen molar-refractivity contribution in [2.45, 2.75) is 39.5 Å². The number of hydrogen-bond acceptors (Lipinski definition) is 7. The molecule has 0 bridgehead atoms. The van der Waals surface area contributed by atoms with Gasteiger partial charge >= 0.3 is 40.8 Å². The summed E-state index contributed by atoms with van der Waals surface area (Å²) in [7, 11) is 0. The largest absolute Gasteiger partial charge is 3.00 e. The van der Waals surface area contributed by atoms with E-state index in [-0.39, 0.29) is 78.1 Å². The molecular weight excluding hydrogens is 553 g/mol. The smallest absolute Gasteiger partial charge is 1.00 e. The molecule has 11 heteroatoms. The van der Waals surface area contributed by atoms with E-state index in [1.54, 1.807) is 0 Å². The number of halogens is 3. The molecule has 0 aliphatic carbocycles. The van der Waals surface area contributed by atoms with Crippen LogP contribution in [-0.4, -0.2) is 52.6 Å². The number of nitrogens with zero attached hydrogens (tertiary/aromatic N) is 5. The van der Waals surface area contributed by atoms with Gasteiger partial charge in [-0.05, 0) is 51.7 Å². The topological polar surface area (TPSA) is 68.2 Å². The molecule has 0 saturated carbocycles. The minimum absolute atomic E-state index is 0. The van der Waals surface area contributed by atoms with Gasteiger partial charge in [0.1, 0.15) is 0 Å². The molecule has 2 saturated heterocycles. The Morgan fingerprint density at radius 1 is 0.786 bits per heavy atom. The van der Waals surface area contributed by atoms with Crippen LogP contribution in [0.3, 0.4) is 0 Å². The fraction of sp³-hybridized carbons (Fsp3) is 0.588. The molecule has 3 heterocycles. The van der Waals surface area contributed by atoms with Crippen molar-refractivity contribution >= 4 is 11.4 Å². The van der Waals surface area contributed by atoms with Gasteiger partial charge in [-0.25, -0.2) is 26.1 Å². The fourth-order valence-corrected chi connectivity index (χ4v) is 2.88. The van der Waals surface area contributed by atoms with Crippen molar-refractivity contribution in [1.29, 1.82) is 0 Å². The molecule has 2 fully saturated rings. The van der Waals surface area contributed by atoms with E-state index in [1.807, 2.05) is 32.0 Å². The molecule has 0 unspecified atom stereocenters. The van der Waals surface area contributed by atoms with Crippen molar-refractivity contribution in [3.8, 4) is 0 Å². The van der Waals surface area contributed by atoms with Gasteiger partial charge in [-0.15, -0.1) is 0 Å². The summed E-state index contributed by atoms with van der Waals surface area (Å²) in [4.78, 5) is 4.68. The van der Waals surface area contributed by atoms with Gasteiger partial charge in [-0.1, -0.05) is 6.07 Å². The number of pyridine rings is 1. The quantitative estimate of drug-likeness (QED) is 0.259. The third-order valence-electron chi connectivity index (χ3n) is 4.42. The maximum atomic E-state index is 4.68. The first kappa shape index (κ1) is 30.4. The van der Waals surface area contributed by atoms with E-state index in [1.165, 1.54) is 25.7 Å². The Labute approximate surface area is 219 Å². The molecule has 1 aromatic rings. The Balaban J connectivity index is 0. The zero-order valence-electron chi connectivity index (χ0n) is 16.3. The molecule has 2 aliphatic heterocycles. The van der Waals surface area contributed by atoms with Crippen molar-refractivity contribution < 1.29 is 78.1 Å². The molecule has 155 valence electrons. The second-order valence-corrected chi connectivity index (χ2v) is 6.39. The number of rotatable bonds is 6. The molecule has 0 spiro atoms. The van der Waals surface area contributed by atoms with Gasteiger partial charge < -0.3 is 37.2 Å². The first-order valence-corrected chi connectivity index (χ1v) is 8.80. The van der Waals surface area contributed by atoms with Crippen molar-refractivity contribution in [2.24, 2.45) is 10.2 Å². The van der Waals surface area contributed by atoms with Crippen LogP contribution in [0.15, 0.2) is 28.4 Å². The van der Waals surface area contributed by atoms with Crippen molar-refractivity contribution in [3.63, 3.8) is 0 Å². The normalized spacial score (nSPS) is 17.6. The number of hydrazone groups is 2. The van der Waals surface area contributed by atoms with Crippen molar-refractivity contribution in [1.82, 2.24) is 26.1 Å². The van der Waals surface area contributed by atoms with Gasteiger partial charge in [0, 0.05) is 26.2 Å². The Hall–Kier alpha value is 0.231. The summed E-state index contributed by atoms with van der Waals surface area (Å²) in [5.41, 5.74) is 9.74. The second-order valence-electron chi connectivity index (χ2n) is 6.39. The minimum atomic E-state index is 0. The van der Waals surface area contributed by atoms with Crippen LogP contribution in [0.5, 0.6) is 0 Å². The third-order valence-corrected chi connectivity index (χ3v) is 4.42. The molecule has 7 nitrogen and oxygen atoms in total. The SMILES string of the molecule is CC(=NNN1CCCC1)c1cccc(C(C)=NNN2CCCC2)n1.[Cl-].[Cl-].[Cl-].[Nd+3]. The molecule has 0 amide bonds. The molecular formula is C17H27Cl3N7Nd. The van der Waals surface area contributed by atoms with Crippen LogP contribution >= 0.6 is 0 Å². The summed E-state index contributed by atoms with van der Waals surface area (Å²) in [5, 5.41) is 13.2. The number of hydrazine groups is 2. The molecule has 1 radical (unpaired) electrons. The van der Waals surface area contributed by atoms with Crippen molar-refractivity contribution in [2.75, 3.05) is 26.2 Å². The summed E-state index contributed by atoms with van der Waals surface area (Å²) in [6, 6.07) is 5.96. The molecule has 0 aromatic carbocycles. The predicted molar refractivity (Wildman–Crippen MR) is 96.5 cm³/mol. The van der Waals surface area contributed by atoms with E-state index in [0.717, 1.165) is 49.0 Å². The number of hydrogen-bond donors (Lipinski definition) is 2. The van der Waals surface area contributed by atoms with Crippen LogP contribution in [0.2, 0.25) is 0 Å². The van der Waals surface area contributed by atoms with Crippen LogP contribution < -0.4 is 48.3 Å². The molecule has 2 N–H and O–H groups in total. The number of aromatic nitrogens is 1. The Morgan fingerprint density at radius 3 is 1.50 bits per heavy atom. The van der Waals surface area contributed by atoms with Gasteiger partial charge in [-0.3, -0.25) is 0 Å². The van der Waals surface area contributed by atoms with Crippen LogP contribution in [0, 0.1) is 40.8 Å². The maximum Gasteiger partial charge on any atom is 3.00 e. The summed E-state index contributed by atoms with van der Waals surface area (Å²) >= 11 is 0. The maximum absolute atomic E-state index is 4.68. The van der Waals surface area contributed by atoms with E-state index in [4.69, 9.17) is 0 Å². The Morgan fingerprint density at radius 2 is 1.14 bits per heavy atom. The monoisotopic (exact) mass is 576 g/mol. The Kier molecular flexibility index (Phi) is 17.4. The first-order chi connectivity index (χ1) is 11.7. The third kappa shape index (κ3) is 9.36. The van der Waals surface area contributed by atoms with Crippen molar-refractivity contribution in [3.05, 3.63) is 29.6 Å². The summed E-state index contributed by atoms with van der Waals surface area (Å²) in [6.07, 6.45) is 4.92.